The van der Waals surface area contributed by atoms with Gasteiger partial charge < -0.3 is 10.2 Å². The van der Waals surface area contributed by atoms with E-state index in [-0.39, 0.29) is 12.5 Å². The minimum absolute atomic E-state index is 0.186. The molecule has 0 aliphatic rings. The standard InChI is InChI=1S/C25H34ClN3O4S/c1-5-7-15-27-25(31)23(6-2)28(17-20-13-11-19(3)12-14-20)24(30)18-29(34(4,32)33)22-10-8-9-21(26)16-22/h8-14,16,23H,5-7,15,17-18H2,1-4H3,(H,27,31)/t23-/m1/s1. The fourth-order valence-corrected chi connectivity index (χ4v) is 4.59. The zero-order valence-electron chi connectivity index (χ0n) is 20.3. The van der Waals surface area contributed by atoms with Crippen LogP contribution in [-0.4, -0.2) is 50.5 Å². The molecular formula is C25H34ClN3O4S. The van der Waals surface area contributed by atoms with Gasteiger partial charge in [-0.3, -0.25) is 13.9 Å². The van der Waals surface area contributed by atoms with Gasteiger partial charge in [-0.2, -0.15) is 0 Å². The minimum atomic E-state index is -3.79. The van der Waals surface area contributed by atoms with E-state index in [0.717, 1.165) is 34.5 Å². The third-order valence-electron chi connectivity index (χ3n) is 5.46. The summed E-state index contributed by atoms with van der Waals surface area (Å²) in [6, 6.07) is 13.3. The Hall–Kier alpha value is -2.58. The van der Waals surface area contributed by atoms with Gasteiger partial charge in [-0.05, 0) is 43.5 Å². The quantitative estimate of drug-likeness (QED) is 0.437. The molecule has 186 valence electrons. The van der Waals surface area contributed by atoms with Crippen molar-refractivity contribution in [2.24, 2.45) is 0 Å². The second-order valence-electron chi connectivity index (χ2n) is 8.33. The summed E-state index contributed by atoms with van der Waals surface area (Å²) in [5.41, 5.74) is 2.22. The van der Waals surface area contributed by atoms with E-state index >= 15 is 0 Å². The Bertz CT molecular complexity index is 1070. The monoisotopic (exact) mass is 507 g/mol. The van der Waals surface area contributed by atoms with Crippen molar-refractivity contribution in [3.05, 3.63) is 64.7 Å². The van der Waals surface area contributed by atoms with Crippen LogP contribution in [0.5, 0.6) is 0 Å². The predicted octanol–water partition coefficient (Wildman–Crippen LogP) is 4.14. The molecule has 9 heteroatoms. The highest BCUT2D eigenvalue weighted by Gasteiger charge is 2.31. The second-order valence-corrected chi connectivity index (χ2v) is 10.7. The van der Waals surface area contributed by atoms with Crippen LogP contribution in [0.3, 0.4) is 0 Å². The van der Waals surface area contributed by atoms with E-state index in [0.29, 0.717) is 23.7 Å². The van der Waals surface area contributed by atoms with Crippen LogP contribution in [0.15, 0.2) is 48.5 Å². The largest absolute Gasteiger partial charge is 0.354 e. The van der Waals surface area contributed by atoms with Crippen molar-refractivity contribution >= 4 is 39.1 Å². The van der Waals surface area contributed by atoms with Crippen molar-refractivity contribution in [1.82, 2.24) is 10.2 Å². The molecular weight excluding hydrogens is 474 g/mol. The average molecular weight is 508 g/mol. The minimum Gasteiger partial charge on any atom is -0.354 e. The Labute approximate surface area is 208 Å². The SMILES string of the molecule is CCCCNC(=O)[C@@H](CC)N(Cc1ccc(C)cc1)C(=O)CN(c1cccc(Cl)c1)S(C)(=O)=O. The molecule has 0 saturated heterocycles. The molecule has 7 nitrogen and oxygen atoms in total. The van der Waals surface area contributed by atoms with Gasteiger partial charge in [0.25, 0.3) is 0 Å². The predicted molar refractivity (Wildman–Crippen MR) is 137 cm³/mol. The zero-order valence-corrected chi connectivity index (χ0v) is 21.8. The number of rotatable bonds is 12. The third-order valence-corrected chi connectivity index (χ3v) is 6.84. The van der Waals surface area contributed by atoms with Crippen LogP contribution in [0.2, 0.25) is 5.02 Å². The molecule has 2 aromatic rings. The summed E-state index contributed by atoms with van der Waals surface area (Å²) >= 11 is 6.06. The smallest absolute Gasteiger partial charge is 0.244 e. The van der Waals surface area contributed by atoms with Crippen molar-refractivity contribution in [2.45, 2.75) is 52.6 Å². The van der Waals surface area contributed by atoms with Gasteiger partial charge in [0, 0.05) is 18.1 Å². The maximum absolute atomic E-state index is 13.6. The summed E-state index contributed by atoms with van der Waals surface area (Å²) in [5, 5.41) is 3.26. The molecule has 34 heavy (non-hydrogen) atoms. The highest BCUT2D eigenvalue weighted by Crippen LogP contribution is 2.23. The van der Waals surface area contributed by atoms with E-state index in [1.807, 2.05) is 45.0 Å². The lowest BCUT2D eigenvalue weighted by Gasteiger charge is -2.33. The fraction of sp³-hybridized carbons (Fsp3) is 0.440. The summed E-state index contributed by atoms with van der Waals surface area (Å²) < 4.78 is 26.2. The first-order valence-corrected chi connectivity index (χ1v) is 13.7. The first-order chi connectivity index (χ1) is 16.1. The van der Waals surface area contributed by atoms with Crippen molar-refractivity contribution in [3.8, 4) is 0 Å². The van der Waals surface area contributed by atoms with Crippen molar-refractivity contribution < 1.29 is 18.0 Å². The number of carbonyl (C=O) groups is 2. The van der Waals surface area contributed by atoms with Gasteiger partial charge in [0.2, 0.25) is 21.8 Å². The molecule has 2 amide bonds. The zero-order chi connectivity index (χ0) is 25.3. The molecule has 0 spiro atoms. The van der Waals surface area contributed by atoms with E-state index in [2.05, 4.69) is 5.32 Å². The Kier molecular flexibility index (Phi) is 10.4. The number of anilines is 1. The van der Waals surface area contributed by atoms with Gasteiger partial charge in [0.05, 0.1) is 11.9 Å². The number of amides is 2. The number of carbonyl (C=O) groups excluding carboxylic acids is 2. The molecule has 0 bridgehead atoms. The fourth-order valence-electron chi connectivity index (χ4n) is 3.56. The van der Waals surface area contributed by atoms with E-state index in [1.54, 1.807) is 18.2 Å². The summed E-state index contributed by atoms with van der Waals surface area (Å²) in [7, 11) is -3.79. The Morgan fingerprint density at radius 1 is 1.09 bits per heavy atom. The number of unbranched alkanes of at least 4 members (excludes halogenated alkanes) is 1. The van der Waals surface area contributed by atoms with E-state index in [9.17, 15) is 18.0 Å². The molecule has 0 aliphatic heterocycles. The number of nitrogens with one attached hydrogen (secondary N) is 1. The molecule has 0 aromatic heterocycles. The molecule has 2 aromatic carbocycles. The van der Waals surface area contributed by atoms with Gasteiger partial charge >= 0.3 is 0 Å². The molecule has 0 saturated carbocycles. The van der Waals surface area contributed by atoms with Gasteiger partial charge in [-0.1, -0.05) is 67.8 Å². The van der Waals surface area contributed by atoms with E-state index in [1.165, 1.54) is 11.0 Å². The van der Waals surface area contributed by atoms with Crippen LogP contribution >= 0.6 is 11.6 Å². The topological polar surface area (TPSA) is 86.8 Å². The van der Waals surface area contributed by atoms with E-state index < -0.39 is 28.5 Å². The molecule has 0 unspecified atom stereocenters. The number of hydrogen-bond acceptors (Lipinski definition) is 4. The molecule has 0 aliphatic carbocycles. The highest BCUT2D eigenvalue weighted by atomic mass is 35.5. The Morgan fingerprint density at radius 3 is 2.32 bits per heavy atom. The first-order valence-electron chi connectivity index (χ1n) is 11.4. The van der Waals surface area contributed by atoms with Gasteiger partial charge in [0.15, 0.2) is 0 Å². The Morgan fingerprint density at radius 2 is 1.76 bits per heavy atom. The lowest BCUT2D eigenvalue weighted by Crippen LogP contribution is -2.52. The molecule has 0 radical (unpaired) electrons. The van der Waals surface area contributed by atoms with Gasteiger partial charge in [-0.25, -0.2) is 8.42 Å². The van der Waals surface area contributed by atoms with Crippen molar-refractivity contribution in [1.29, 1.82) is 0 Å². The number of halogens is 1. The average Bonchev–Trinajstić information content (AvgIpc) is 2.78. The summed E-state index contributed by atoms with van der Waals surface area (Å²) in [5.74, 6) is -0.714. The first kappa shape index (κ1) is 27.7. The number of nitrogens with zero attached hydrogens (tertiary/aromatic N) is 2. The summed E-state index contributed by atoms with van der Waals surface area (Å²) in [6.45, 7) is 6.11. The van der Waals surface area contributed by atoms with Gasteiger partial charge in [0.1, 0.15) is 12.6 Å². The van der Waals surface area contributed by atoms with Crippen LogP contribution in [0, 0.1) is 6.92 Å². The third kappa shape index (κ3) is 8.02. The normalized spacial score (nSPS) is 12.1. The lowest BCUT2D eigenvalue weighted by atomic mass is 10.1. The second kappa shape index (κ2) is 12.8. The maximum Gasteiger partial charge on any atom is 0.244 e. The maximum atomic E-state index is 13.6. The molecule has 2 rings (SSSR count). The van der Waals surface area contributed by atoms with Gasteiger partial charge in [-0.15, -0.1) is 0 Å². The molecule has 0 fully saturated rings. The highest BCUT2D eigenvalue weighted by molar-refractivity contribution is 7.92. The Balaban J connectivity index is 2.39. The molecule has 0 heterocycles. The number of benzene rings is 2. The van der Waals surface area contributed by atoms with Crippen LogP contribution in [0.1, 0.15) is 44.2 Å². The molecule has 1 N–H and O–H groups in total. The van der Waals surface area contributed by atoms with Crippen molar-refractivity contribution in [3.63, 3.8) is 0 Å². The van der Waals surface area contributed by atoms with Crippen LogP contribution in [0.25, 0.3) is 0 Å². The van der Waals surface area contributed by atoms with Crippen LogP contribution in [-0.2, 0) is 26.2 Å². The summed E-state index contributed by atoms with van der Waals surface area (Å²) in [4.78, 5) is 28.0. The number of aryl methyl sites for hydroxylation is 1. The van der Waals surface area contributed by atoms with Crippen LogP contribution < -0.4 is 9.62 Å². The number of hydrogen-bond donors (Lipinski definition) is 1. The van der Waals surface area contributed by atoms with Crippen molar-refractivity contribution in [2.75, 3.05) is 23.7 Å². The summed E-state index contributed by atoms with van der Waals surface area (Å²) in [6.07, 6.45) is 3.21. The number of sulfonamides is 1. The van der Waals surface area contributed by atoms with E-state index in [4.69, 9.17) is 11.6 Å². The lowest BCUT2D eigenvalue weighted by molar-refractivity contribution is -0.140. The molecule has 1 atom stereocenters. The van der Waals surface area contributed by atoms with Crippen LogP contribution in [0.4, 0.5) is 5.69 Å².